The smallest absolute Gasteiger partial charge is 0.0127 e. The molecule has 2 nitrogen and oxygen atoms in total. The van der Waals surface area contributed by atoms with Crippen LogP contribution in [0.4, 0.5) is 0 Å². The van der Waals surface area contributed by atoms with E-state index in [4.69, 9.17) is 0 Å². The number of nitrogens with one attached hydrogen (secondary N) is 1. The Bertz CT molecular complexity index is 221. The van der Waals surface area contributed by atoms with E-state index in [2.05, 4.69) is 10.2 Å². The van der Waals surface area contributed by atoms with Crippen LogP contribution >= 0.6 is 0 Å². The molecule has 1 heterocycles. The molecule has 1 aliphatic heterocycles. The summed E-state index contributed by atoms with van der Waals surface area (Å²) in [6.45, 7) is 5.03. The predicted octanol–water partition coefficient (Wildman–Crippen LogP) is 2.25. The van der Waals surface area contributed by atoms with Gasteiger partial charge >= 0.3 is 0 Å². The Morgan fingerprint density at radius 2 is 1.56 bits per heavy atom. The van der Waals surface area contributed by atoms with Crippen molar-refractivity contribution in [2.45, 2.75) is 51.0 Å². The van der Waals surface area contributed by atoms with E-state index in [9.17, 15) is 0 Å². The molecular weight excluding hydrogens is 196 g/mol. The molecule has 3 aliphatic rings. The van der Waals surface area contributed by atoms with E-state index >= 15 is 0 Å². The number of fused-ring (bicyclic) bond motifs is 1. The molecular formula is C14H26N2. The number of piperazine rings is 1. The second kappa shape index (κ2) is 5.05. The molecule has 3 rings (SSSR count). The standard InChI is InChI=1S/C14H26N2/c1-2-6-13-12(4-1)5-3-7-14(13)16-10-8-15-9-11-16/h12-15H,1-11H2. The molecule has 1 N–H and O–H groups in total. The first-order valence-corrected chi connectivity index (χ1v) is 7.40. The van der Waals surface area contributed by atoms with Gasteiger partial charge in [0.1, 0.15) is 0 Å². The zero-order chi connectivity index (χ0) is 10.8. The van der Waals surface area contributed by atoms with Gasteiger partial charge in [0.25, 0.3) is 0 Å². The van der Waals surface area contributed by atoms with Crippen LogP contribution in [0.5, 0.6) is 0 Å². The lowest BCUT2D eigenvalue weighted by atomic mass is 9.68. The molecule has 2 saturated carbocycles. The quantitative estimate of drug-likeness (QED) is 0.732. The molecule has 0 spiro atoms. The Kier molecular flexibility index (Phi) is 3.49. The van der Waals surface area contributed by atoms with Gasteiger partial charge in [-0.1, -0.05) is 32.1 Å². The van der Waals surface area contributed by atoms with E-state index in [1.54, 1.807) is 0 Å². The van der Waals surface area contributed by atoms with E-state index in [1.807, 2.05) is 0 Å². The Morgan fingerprint density at radius 3 is 2.44 bits per heavy atom. The van der Waals surface area contributed by atoms with Gasteiger partial charge in [0, 0.05) is 32.2 Å². The zero-order valence-corrected chi connectivity index (χ0v) is 10.5. The molecule has 0 radical (unpaired) electrons. The van der Waals surface area contributed by atoms with Crippen molar-refractivity contribution in [2.24, 2.45) is 11.8 Å². The van der Waals surface area contributed by atoms with Gasteiger partial charge in [0.15, 0.2) is 0 Å². The van der Waals surface area contributed by atoms with Gasteiger partial charge in [-0.05, 0) is 24.7 Å². The lowest BCUT2D eigenvalue weighted by molar-refractivity contribution is 0.0341. The molecule has 16 heavy (non-hydrogen) atoms. The maximum Gasteiger partial charge on any atom is 0.0127 e. The summed E-state index contributed by atoms with van der Waals surface area (Å²) in [4.78, 5) is 2.80. The molecule has 0 bridgehead atoms. The van der Waals surface area contributed by atoms with Crippen LogP contribution in [-0.2, 0) is 0 Å². The molecule has 0 aromatic heterocycles. The summed E-state index contributed by atoms with van der Waals surface area (Å²) >= 11 is 0. The van der Waals surface area contributed by atoms with Gasteiger partial charge in [-0.25, -0.2) is 0 Å². The van der Waals surface area contributed by atoms with Crippen LogP contribution in [0, 0.1) is 11.8 Å². The van der Waals surface area contributed by atoms with Gasteiger partial charge in [0.05, 0.1) is 0 Å². The summed E-state index contributed by atoms with van der Waals surface area (Å²) in [6, 6.07) is 0.946. The third kappa shape index (κ3) is 2.14. The Hall–Kier alpha value is -0.0800. The second-order valence-electron chi connectivity index (χ2n) is 5.99. The van der Waals surface area contributed by atoms with Crippen molar-refractivity contribution in [3.63, 3.8) is 0 Å². The lowest BCUT2D eigenvalue weighted by Crippen LogP contribution is -2.53. The summed E-state index contributed by atoms with van der Waals surface area (Å²) in [5.74, 6) is 2.14. The van der Waals surface area contributed by atoms with Gasteiger partial charge < -0.3 is 5.32 Å². The minimum atomic E-state index is 0.946. The van der Waals surface area contributed by atoms with E-state index in [-0.39, 0.29) is 0 Å². The highest BCUT2D eigenvalue weighted by Gasteiger charge is 2.37. The minimum absolute atomic E-state index is 0.946. The predicted molar refractivity (Wildman–Crippen MR) is 67.5 cm³/mol. The summed E-state index contributed by atoms with van der Waals surface area (Å²) in [7, 11) is 0. The molecule has 0 aromatic carbocycles. The third-order valence-electron chi connectivity index (χ3n) is 5.16. The van der Waals surface area contributed by atoms with Crippen LogP contribution in [0.1, 0.15) is 44.9 Å². The number of rotatable bonds is 1. The lowest BCUT2D eigenvalue weighted by Gasteiger charge is -2.47. The molecule has 3 atom stereocenters. The van der Waals surface area contributed by atoms with Gasteiger partial charge in [-0.15, -0.1) is 0 Å². The van der Waals surface area contributed by atoms with Crippen molar-refractivity contribution >= 4 is 0 Å². The second-order valence-corrected chi connectivity index (χ2v) is 5.99. The molecule has 0 aromatic rings. The van der Waals surface area contributed by atoms with Crippen LogP contribution in [-0.4, -0.2) is 37.1 Å². The van der Waals surface area contributed by atoms with Crippen LogP contribution in [0.3, 0.4) is 0 Å². The summed E-state index contributed by atoms with van der Waals surface area (Å²) in [5.41, 5.74) is 0. The van der Waals surface area contributed by atoms with Gasteiger partial charge in [-0.3, -0.25) is 4.90 Å². The Balaban J connectivity index is 1.67. The highest BCUT2D eigenvalue weighted by atomic mass is 15.2. The average Bonchev–Trinajstić information content (AvgIpc) is 2.39. The maximum atomic E-state index is 3.48. The van der Waals surface area contributed by atoms with Crippen molar-refractivity contribution in [3.05, 3.63) is 0 Å². The first-order chi connectivity index (χ1) is 7.95. The fourth-order valence-corrected chi connectivity index (χ4v) is 4.37. The fourth-order valence-electron chi connectivity index (χ4n) is 4.37. The SMILES string of the molecule is C1CCC2C(C1)CCCC2N1CCNCC1. The third-order valence-corrected chi connectivity index (χ3v) is 5.16. The van der Waals surface area contributed by atoms with Gasteiger partial charge in [0.2, 0.25) is 0 Å². The molecule has 3 unspecified atom stereocenters. The zero-order valence-electron chi connectivity index (χ0n) is 10.5. The van der Waals surface area contributed by atoms with Crippen molar-refractivity contribution in [3.8, 4) is 0 Å². The molecule has 2 heteroatoms. The van der Waals surface area contributed by atoms with E-state index in [0.29, 0.717) is 0 Å². The van der Waals surface area contributed by atoms with E-state index < -0.39 is 0 Å². The van der Waals surface area contributed by atoms with E-state index in [1.165, 1.54) is 71.1 Å². The summed E-state index contributed by atoms with van der Waals surface area (Å²) in [6.07, 6.45) is 10.6. The highest BCUT2D eigenvalue weighted by molar-refractivity contribution is 4.91. The Morgan fingerprint density at radius 1 is 0.812 bits per heavy atom. The molecule has 2 aliphatic carbocycles. The van der Waals surface area contributed by atoms with Crippen LogP contribution < -0.4 is 5.32 Å². The Labute approximate surface area is 99.8 Å². The van der Waals surface area contributed by atoms with Crippen LogP contribution in [0.15, 0.2) is 0 Å². The highest BCUT2D eigenvalue weighted by Crippen LogP contribution is 2.42. The summed E-state index contributed by atoms with van der Waals surface area (Å²) < 4.78 is 0. The van der Waals surface area contributed by atoms with Gasteiger partial charge in [-0.2, -0.15) is 0 Å². The van der Waals surface area contributed by atoms with E-state index in [0.717, 1.165) is 17.9 Å². The normalized spacial score (nSPS) is 41.6. The van der Waals surface area contributed by atoms with Crippen LogP contribution in [0.25, 0.3) is 0 Å². The number of hydrogen-bond donors (Lipinski definition) is 1. The first kappa shape index (κ1) is 11.0. The van der Waals surface area contributed by atoms with Crippen molar-refractivity contribution in [2.75, 3.05) is 26.2 Å². The molecule has 1 saturated heterocycles. The van der Waals surface area contributed by atoms with Crippen molar-refractivity contribution in [1.82, 2.24) is 10.2 Å². The largest absolute Gasteiger partial charge is 0.314 e. The van der Waals surface area contributed by atoms with Crippen molar-refractivity contribution in [1.29, 1.82) is 0 Å². The molecule has 0 amide bonds. The monoisotopic (exact) mass is 222 g/mol. The molecule has 3 fully saturated rings. The minimum Gasteiger partial charge on any atom is -0.314 e. The number of nitrogens with zero attached hydrogens (tertiary/aromatic N) is 1. The maximum absolute atomic E-state index is 3.48. The fraction of sp³-hybridized carbons (Fsp3) is 1.00. The molecule has 92 valence electrons. The van der Waals surface area contributed by atoms with Crippen LogP contribution in [0.2, 0.25) is 0 Å². The topological polar surface area (TPSA) is 15.3 Å². The first-order valence-electron chi connectivity index (χ1n) is 7.40. The number of hydrogen-bond acceptors (Lipinski definition) is 2. The van der Waals surface area contributed by atoms with Crippen molar-refractivity contribution < 1.29 is 0 Å². The summed E-state index contributed by atoms with van der Waals surface area (Å²) in [5, 5.41) is 3.48. The average molecular weight is 222 g/mol.